The first-order valence-electron chi connectivity index (χ1n) is 8.66. The van der Waals surface area contributed by atoms with Crippen molar-refractivity contribution in [1.82, 2.24) is 4.90 Å². The largest absolute Gasteiger partial charge is 0.507 e. The molecule has 2 rings (SSSR count). The van der Waals surface area contributed by atoms with Crippen molar-refractivity contribution in [3.05, 3.63) is 53.8 Å². The third-order valence-electron chi connectivity index (χ3n) is 3.80. The average molecular weight is 375 g/mol. The molecular formula is C20H25NO6. The third-order valence-corrected chi connectivity index (χ3v) is 3.80. The number of hydrogen-bond acceptors (Lipinski definition) is 6. The lowest BCUT2D eigenvalue weighted by molar-refractivity contribution is -0.137. The van der Waals surface area contributed by atoms with Crippen LogP contribution in [-0.4, -0.2) is 45.4 Å². The molecule has 1 aromatic rings. The molecule has 0 aromatic heterocycles. The summed E-state index contributed by atoms with van der Waals surface area (Å²) in [7, 11) is 0. The van der Waals surface area contributed by atoms with Crippen molar-refractivity contribution >= 4 is 12.0 Å². The van der Waals surface area contributed by atoms with Gasteiger partial charge in [-0.2, -0.15) is 0 Å². The van der Waals surface area contributed by atoms with Gasteiger partial charge in [0.2, 0.25) is 0 Å². The number of imide groups is 1. The molecule has 1 atom stereocenters. The Morgan fingerprint density at radius 3 is 2.52 bits per heavy atom. The highest BCUT2D eigenvalue weighted by Crippen LogP contribution is 2.23. The van der Waals surface area contributed by atoms with Crippen LogP contribution in [0.15, 0.2) is 42.7 Å². The number of rotatable bonds is 5. The summed E-state index contributed by atoms with van der Waals surface area (Å²) in [6.45, 7) is 4.83. The Labute approximate surface area is 158 Å². The smallest absolute Gasteiger partial charge is 0.417 e. The predicted molar refractivity (Wildman–Crippen MR) is 98.8 cm³/mol. The van der Waals surface area contributed by atoms with Crippen LogP contribution < -0.4 is 0 Å². The summed E-state index contributed by atoms with van der Waals surface area (Å²) in [5.74, 6) is -0.601. The van der Waals surface area contributed by atoms with Gasteiger partial charge in [0.05, 0.1) is 12.9 Å². The van der Waals surface area contributed by atoms with Gasteiger partial charge in [0.1, 0.15) is 11.4 Å². The van der Waals surface area contributed by atoms with Crippen molar-refractivity contribution in [2.45, 2.75) is 45.5 Å². The van der Waals surface area contributed by atoms with Crippen LogP contribution in [0.4, 0.5) is 4.79 Å². The SMILES string of the molecule is CC(C)(C)OC(=O)N(CCc1cccc(CO)c1O)C(=O)C1C=CC=CO1. The van der Waals surface area contributed by atoms with E-state index in [4.69, 9.17) is 9.47 Å². The zero-order valence-electron chi connectivity index (χ0n) is 15.7. The zero-order chi connectivity index (χ0) is 20.0. The van der Waals surface area contributed by atoms with Gasteiger partial charge in [0, 0.05) is 12.1 Å². The monoisotopic (exact) mass is 375 g/mol. The van der Waals surface area contributed by atoms with Crippen molar-refractivity contribution in [1.29, 1.82) is 0 Å². The number of aromatic hydroxyl groups is 1. The lowest BCUT2D eigenvalue weighted by Crippen LogP contribution is -2.46. The lowest BCUT2D eigenvalue weighted by atomic mass is 10.1. The van der Waals surface area contributed by atoms with E-state index in [1.807, 2.05) is 0 Å². The Morgan fingerprint density at radius 2 is 1.93 bits per heavy atom. The Hall–Kier alpha value is -2.80. The highest BCUT2D eigenvalue weighted by atomic mass is 16.6. The fourth-order valence-electron chi connectivity index (χ4n) is 2.49. The van der Waals surface area contributed by atoms with E-state index in [0.717, 1.165) is 4.90 Å². The van der Waals surface area contributed by atoms with Crippen molar-refractivity contribution in [2.75, 3.05) is 6.54 Å². The number of benzene rings is 1. The Kier molecular flexibility index (Phi) is 6.63. The normalized spacial score (nSPS) is 15.9. The molecule has 1 aliphatic heterocycles. The summed E-state index contributed by atoms with van der Waals surface area (Å²) < 4.78 is 10.6. The fraction of sp³-hybridized carbons (Fsp3) is 0.400. The molecular weight excluding hydrogens is 350 g/mol. The molecule has 7 nitrogen and oxygen atoms in total. The Bertz CT molecular complexity index is 747. The van der Waals surface area contributed by atoms with E-state index in [1.54, 1.807) is 57.2 Å². The molecule has 1 unspecified atom stereocenters. The van der Waals surface area contributed by atoms with Crippen LogP contribution in [0.25, 0.3) is 0 Å². The summed E-state index contributed by atoms with van der Waals surface area (Å²) in [4.78, 5) is 26.3. The number of phenols is 1. The first kappa shape index (κ1) is 20.5. The number of nitrogens with zero attached hydrogens (tertiary/aromatic N) is 1. The summed E-state index contributed by atoms with van der Waals surface area (Å²) in [6.07, 6.45) is 4.74. The maximum Gasteiger partial charge on any atom is 0.417 e. The molecule has 0 aliphatic carbocycles. The van der Waals surface area contributed by atoms with Crippen molar-refractivity contribution in [3.8, 4) is 5.75 Å². The minimum absolute atomic E-state index is 0.00635. The number of carbonyl (C=O) groups excluding carboxylic acids is 2. The highest BCUT2D eigenvalue weighted by Gasteiger charge is 2.32. The van der Waals surface area contributed by atoms with Gasteiger partial charge < -0.3 is 19.7 Å². The van der Waals surface area contributed by atoms with Gasteiger partial charge in [-0.1, -0.05) is 24.3 Å². The standard InChI is InChI=1S/C20H25NO6/c1-20(2,3)27-19(25)21(18(24)16-9-4-5-12-26-16)11-10-14-7-6-8-15(13-22)17(14)23/h4-9,12,16,22-23H,10-11,13H2,1-3H3. The van der Waals surface area contributed by atoms with Crippen molar-refractivity contribution < 1.29 is 29.3 Å². The minimum Gasteiger partial charge on any atom is -0.507 e. The van der Waals surface area contributed by atoms with Crippen LogP contribution in [0.1, 0.15) is 31.9 Å². The molecule has 1 heterocycles. The molecule has 1 aliphatic rings. The molecule has 0 saturated carbocycles. The summed E-state index contributed by atoms with van der Waals surface area (Å²) in [5, 5.41) is 19.5. The molecule has 27 heavy (non-hydrogen) atoms. The van der Waals surface area contributed by atoms with E-state index >= 15 is 0 Å². The maximum atomic E-state index is 12.8. The summed E-state index contributed by atoms with van der Waals surface area (Å²) in [5.41, 5.74) is 0.131. The van der Waals surface area contributed by atoms with Gasteiger partial charge >= 0.3 is 6.09 Å². The lowest BCUT2D eigenvalue weighted by Gasteiger charge is -2.28. The average Bonchev–Trinajstić information content (AvgIpc) is 2.62. The molecule has 0 radical (unpaired) electrons. The van der Waals surface area contributed by atoms with Crippen molar-refractivity contribution in [2.24, 2.45) is 0 Å². The second-order valence-corrected chi connectivity index (χ2v) is 7.07. The van der Waals surface area contributed by atoms with E-state index in [9.17, 15) is 19.8 Å². The van der Waals surface area contributed by atoms with E-state index < -0.39 is 23.7 Å². The van der Waals surface area contributed by atoms with Gasteiger partial charge in [-0.25, -0.2) is 9.69 Å². The molecule has 0 bridgehead atoms. The second-order valence-electron chi connectivity index (χ2n) is 7.07. The molecule has 0 saturated heterocycles. The highest BCUT2D eigenvalue weighted by molar-refractivity contribution is 5.95. The fourth-order valence-corrected chi connectivity index (χ4v) is 2.49. The van der Waals surface area contributed by atoms with Crippen molar-refractivity contribution in [3.63, 3.8) is 0 Å². The van der Waals surface area contributed by atoms with E-state index in [1.165, 1.54) is 6.26 Å². The van der Waals surface area contributed by atoms with Crippen LogP contribution in [-0.2, 0) is 27.3 Å². The van der Waals surface area contributed by atoms with Gasteiger partial charge in [0.25, 0.3) is 5.91 Å². The number of amides is 2. The molecule has 7 heteroatoms. The number of allylic oxidation sites excluding steroid dienone is 2. The second kappa shape index (κ2) is 8.73. The Morgan fingerprint density at radius 1 is 1.22 bits per heavy atom. The van der Waals surface area contributed by atoms with Gasteiger partial charge in [-0.15, -0.1) is 0 Å². The van der Waals surface area contributed by atoms with Crippen LogP contribution in [0.2, 0.25) is 0 Å². The number of aliphatic hydroxyl groups is 1. The van der Waals surface area contributed by atoms with Crippen LogP contribution in [0.5, 0.6) is 5.75 Å². The van der Waals surface area contributed by atoms with Gasteiger partial charge in [0.15, 0.2) is 6.10 Å². The minimum atomic E-state index is -0.917. The molecule has 146 valence electrons. The number of ether oxygens (including phenoxy) is 2. The summed E-state index contributed by atoms with van der Waals surface area (Å²) in [6, 6.07) is 4.96. The van der Waals surface area contributed by atoms with Crippen LogP contribution in [0.3, 0.4) is 0 Å². The first-order valence-corrected chi connectivity index (χ1v) is 8.66. The Balaban J connectivity index is 2.19. The van der Waals surface area contributed by atoms with Crippen LogP contribution in [0, 0.1) is 0 Å². The number of para-hydroxylation sites is 1. The van der Waals surface area contributed by atoms with Gasteiger partial charge in [-0.05, 0) is 44.9 Å². The first-order chi connectivity index (χ1) is 12.7. The quantitative estimate of drug-likeness (QED) is 0.821. The van der Waals surface area contributed by atoms with E-state index in [2.05, 4.69) is 0 Å². The predicted octanol–water partition coefficient (Wildman–Crippen LogP) is 2.66. The van der Waals surface area contributed by atoms with E-state index in [-0.39, 0.29) is 25.3 Å². The molecule has 2 amide bonds. The molecule has 2 N–H and O–H groups in total. The van der Waals surface area contributed by atoms with Crippen LogP contribution >= 0.6 is 0 Å². The molecule has 0 fully saturated rings. The molecule has 1 aromatic carbocycles. The summed E-state index contributed by atoms with van der Waals surface area (Å²) >= 11 is 0. The number of hydrogen-bond donors (Lipinski definition) is 2. The topological polar surface area (TPSA) is 96.3 Å². The zero-order valence-corrected chi connectivity index (χ0v) is 15.7. The third kappa shape index (κ3) is 5.59. The van der Waals surface area contributed by atoms with E-state index in [0.29, 0.717) is 11.1 Å². The number of carbonyl (C=O) groups is 2. The maximum absolute atomic E-state index is 12.8. The number of aliphatic hydroxyl groups excluding tert-OH is 1. The molecule has 0 spiro atoms. The van der Waals surface area contributed by atoms with Gasteiger partial charge in [-0.3, -0.25) is 4.79 Å².